The third-order valence-corrected chi connectivity index (χ3v) is 4.12. The van der Waals surface area contributed by atoms with E-state index in [2.05, 4.69) is 20.8 Å². The molecule has 0 aromatic heterocycles. The number of benzene rings is 1. The molecule has 0 amide bonds. The van der Waals surface area contributed by atoms with Crippen molar-refractivity contribution in [1.29, 1.82) is 0 Å². The topological polar surface area (TPSA) is 32.7 Å². The average Bonchev–Trinajstić information content (AvgIpc) is 2.42. The number of para-hydroxylation sites is 1. The number of hydrogen-bond donors (Lipinski definition) is 1. The van der Waals surface area contributed by atoms with Crippen LogP contribution in [-0.2, 0) is 0 Å². The van der Waals surface area contributed by atoms with E-state index in [1.54, 1.807) is 0 Å². The number of nitrogens with zero attached hydrogens (tertiary/aromatic N) is 1. The van der Waals surface area contributed by atoms with E-state index in [4.69, 9.17) is 9.84 Å². The van der Waals surface area contributed by atoms with Crippen LogP contribution >= 0.6 is 15.9 Å². The Balaban J connectivity index is 1.69. The van der Waals surface area contributed by atoms with Gasteiger partial charge in [0.25, 0.3) is 0 Å². The Bertz CT molecular complexity index is 365. The molecule has 1 heterocycles. The van der Waals surface area contributed by atoms with Gasteiger partial charge in [0.2, 0.25) is 0 Å². The summed E-state index contributed by atoms with van der Waals surface area (Å²) in [5, 5.41) is 9.08. The fourth-order valence-electron chi connectivity index (χ4n) is 2.24. The van der Waals surface area contributed by atoms with Crippen molar-refractivity contribution in [3.05, 3.63) is 28.7 Å². The number of rotatable bonds is 5. The van der Waals surface area contributed by atoms with Crippen molar-refractivity contribution in [1.82, 2.24) is 4.90 Å². The van der Waals surface area contributed by atoms with E-state index in [1.165, 1.54) is 0 Å². The summed E-state index contributed by atoms with van der Waals surface area (Å²) in [4.78, 5) is 2.41. The van der Waals surface area contributed by atoms with Gasteiger partial charge in [-0.1, -0.05) is 12.1 Å². The van der Waals surface area contributed by atoms with Crippen molar-refractivity contribution >= 4 is 15.9 Å². The van der Waals surface area contributed by atoms with E-state index in [9.17, 15) is 0 Å². The third kappa shape index (κ3) is 3.97. The lowest BCUT2D eigenvalue weighted by Crippen LogP contribution is -2.37. The largest absolute Gasteiger partial charge is 0.491 e. The molecule has 100 valence electrons. The fourth-order valence-corrected chi connectivity index (χ4v) is 2.64. The SMILES string of the molecule is OCC1CCN(CCOc2ccccc2Br)CC1. The van der Waals surface area contributed by atoms with E-state index in [-0.39, 0.29) is 0 Å². The van der Waals surface area contributed by atoms with Crippen LogP contribution in [0.5, 0.6) is 5.75 Å². The maximum atomic E-state index is 9.08. The van der Waals surface area contributed by atoms with Gasteiger partial charge in [0, 0.05) is 13.2 Å². The van der Waals surface area contributed by atoms with Crippen molar-refractivity contribution in [2.45, 2.75) is 12.8 Å². The first-order valence-corrected chi connectivity index (χ1v) is 7.29. The highest BCUT2D eigenvalue weighted by molar-refractivity contribution is 9.10. The molecule has 1 aliphatic rings. The maximum Gasteiger partial charge on any atom is 0.133 e. The number of hydrogen-bond acceptors (Lipinski definition) is 3. The van der Waals surface area contributed by atoms with Crippen LogP contribution in [0.1, 0.15) is 12.8 Å². The molecule has 1 saturated heterocycles. The molecule has 4 heteroatoms. The Morgan fingerprint density at radius 3 is 2.67 bits per heavy atom. The first-order valence-electron chi connectivity index (χ1n) is 6.50. The predicted molar refractivity (Wildman–Crippen MR) is 75.9 cm³/mol. The summed E-state index contributed by atoms with van der Waals surface area (Å²) in [6.45, 7) is 4.16. The average molecular weight is 314 g/mol. The van der Waals surface area contributed by atoms with Crippen molar-refractivity contribution in [3.8, 4) is 5.75 Å². The van der Waals surface area contributed by atoms with Crippen LogP contribution in [0, 0.1) is 5.92 Å². The Morgan fingerprint density at radius 1 is 1.28 bits per heavy atom. The summed E-state index contributed by atoms with van der Waals surface area (Å²) in [5.41, 5.74) is 0. The lowest BCUT2D eigenvalue weighted by atomic mass is 9.98. The number of halogens is 1. The smallest absolute Gasteiger partial charge is 0.133 e. The van der Waals surface area contributed by atoms with E-state index in [1.807, 2.05) is 24.3 Å². The third-order valence-electron chi connectivity index (χ3n) is 3.47. The van der Waals surface area contributed by atoms with Gasteiger partial charge in [0.15, 0.2) is 0 Å². The molecule has 0 saturated carbocycles. The zero-order valence-corrected chi connectivity index (χ0v) is 12.1. The molecular weight excluding hydrogens is 294 g/mol. The van der Waals surface area contributed by atoms with Gasteiger partial charge in [-0.2, -0.15) is 0 Å². The van der Waals surface area contributed by atoms with Gasteiger partial charge in [-0.3, -0.25) is 4.90 Å². The summed E-state index contributed by atoms with van der Waals surface area (Å²) in [6, 6.07) is 7.92. The minimum atomic E-state index is 0.335. The van der Waals surface area contributed by atoms with Gasteiger partial charge in [-0.05, 0) is 59.9 Å². The second-order valence-corrected chi connectivity index (χ2v) is 5.60. The van der Waals surface area contributed by atoms with Crippen LogP contribution < -0.4 is 4.74 Å². The number of piperidine rings is 1. The standard InChI is InChI=1S/C14H20BrNO2/c15-13-3-1-2-4-14(13)18-10-9-16-7-5-12(11-17)6-8-16/h1-4,12,17H,5-11H2. The molecule has 0 bridgehead atoms. The van der Waals surface area contributed by atoms with Crippen LogP contribution in [0.4, 0.5) is 0 Å². The number of aliphatic hydroxyl groups is 1. The molecule has 3 nitrogen and oxygen atoms in total. The molecule has 1 fully saturated rings. The molecule has 1 aromatic carbocycles. The molecule has 0 unspecified atom stereocenters. The van der Waals surface area contributed by atoms with E-state index >= 15 is 0 Å². The second kappa shape index (κ2) is 7.12. The van der Waals surface area contributed by atoms with E-state index in [0.717, 1.165) is 42.7 Å². The highest BCUT2D eigenvalue weighted by Crippen LogP contribution is 2.23. The minimum Gasteiger partial charge on any atom is -0.491 e. The molecule has 2 rings (SSSR count). The molecule has 1 N–H and O–H groups in total. The quantitative estimate of drug-likeness (QED) is 0.906. The van der Waals surface area contributed by atoms with Crippen molar-refractivity contribution in [3.63, 3.8) is 0 Å². The number of likely N-dealkylation sites (tertiary alicyclic amines) is 1. The van der Waals surface area contributed by atoms with Crippen LogP contribution in [0.15, 0.2) is 28.7 Å². The lowest BCUT2D eigenvalue weighted by molar-refractivity contribution is 0.118. The molecule has 0 aliphatic carbocycles. The van der Waals surface area contributed by atoms with Crippen LogP contribution in [0.25, 0.3) is 0 Å². The Morgan fingerprint density at radius 2 is 2.00 bits per heavy atom. The summed E-state index contributed by atoms with van der Waals surface area (Å²) >= 11 is 3.47. The summed E-state index contributed by atoms with van der Waals surface area (Å²) < 4.78 is 6.76. The Labute approximate surface area is 117 Å². The highest BCUT2D eigenvalue weighted by Gasteiger charge is 2.17. The molecule has 1 aromatic rings. The first-order chi connectivity index (χ1) is 8.79. The highest BCUT2D eigenvalue weighted by atomic mass is 79.9. The maximum absolute atomic E-state index is 9.08. The Kier molecular flexibility index (Phi) is 5.47. The monoisotopic (exact) mass is 313 g/mol. The zero-order chi connectivity index (χ0) is 12.8. The minimum absolute atomic E-state index is 0.335. The predicted octanol–water partition coefficient (Wildman–Crippen LogP) is 2.53. The van der Waals surface area contributed by atoms with Gasteiger partial charge in [0.05, 0.1) is 4.47 Å². The van der Waals surface area contributed by atoms with Gasteiger partial charge >= 0.3 is 0 Å². The summed E-state index contributed by atoms with van der Waals surface area (Å²) in [6.07, 6.45) is 2.21. The lowest BCUT2D eigenvalue weighted by Gasteiger charge is -2.30. The normalized spacial score (nSPS) is 17.9. The van der Waals surface area contributed by atoms with E-state index in [0.29, 0.717) is 19.1 Å². The van der Waals surface area contributed by atoms with Crippen molar-refractivity contribution < 1.29 is 9.84 Å². The Hall–Kier alpha value is -0.580. The second-order valence-electron chi connectivity index (χ2n) is 4.75. The van der Waals surface area contributed by atoms with Gasteiger partial charge in [-0.15, -0.1) is 0 Å². The number of aliphatic hydroxyl groups excluding tert-OH is 1. The molecular formula is C14H20BrNO2. The van der Waals surface area contributed by atoms with Gasteiger partial charge in [0.1, 0.15) is 12.4 Å². The van der Waals surface area contributed by atoms with Gasteiger partial charge < -0.3 is 9.84 Å². The molecule has 0 atom stereocenters. The van der Waals surface area contributed by atoms with Gasteiger partial charge in [-0.25, -0.2) is 0 Å². The van der Waals surface area contributed by atoms with E-state index < -0.39 is 0 Å². The molecule has 18 heavy (non-hydrogen) atoms. The summed E-state index contributed by atoms with van der Waals surface area (Å²) in [5.74, 6) is 1.41. The van der Waals surface area contributed by atoms with Crippen molar-refractivity contribution in [2.24, 2.45) is 5.92 Å². The van der Waals surface area contributed by atoms with Crippen LogP contribution in [-0.4, -0.2) is 42.9 Å². The zero-order valence-electron chi connectivity index (χ0n) is 10.5. The molecule has 0 spiro atoms. The first kappa shape index (κ1) is 13.8. The molecule has 1 aliphatic heterocycles. The fraction of sp³-hybridized carbons (Fsp3) is 0.571. The summed E-state index contributed by atoms with van der Waals surface area (Å²) in [7, 11) is 0. The van der Waals surface area contributed by atoms with Crippen LogP contribution in [0.3, 0.4) is 0 Å². The van der Waals surface area contributed by atoms with Crippen LogP contribution in [0.2, 0.25) is 0 Å². The number of ether oxygens (including phenoxy) is 1. The van der Waals surface area contributed by atoms with Crippen molar-refractivity contribution in [2.75, 3.05) is 32.8 Å². The molecule has 0 radical (unpaired) electrons.